The highest BCUT2D eigenvalue weighted by Crippen LogP contribution is 2.37. The van der Waals surface area contributed by atoms with Crippen LogP contribution >= 0.6 is 11.6 Å². The summed E-state index contributed by atoms with van der Waals surface area (Å²) < 4.78 is 5.99. The first-order valence-corrected chi connectivity index (χ1v) is 9.43. The summed E-state index contributed by atoms with van der Waals surface area (Å²) in [5, 5.41) is 0.732. The van der Waals surface area contributed by atoms with Crippen molar-refractivity contribution in [3.05, 3.63) is 28.8 Å². The molecule has 4 nitrogen and oxygen atoms in total. The first-order chi connectivity index (χ1) is 11.6. The molecular weight excluding hydrogens is 324 g/mol. The molecule has 0 N–H and O–H groups in total. The highest BCUT2D eigenvalue weighted by Gasteiger charge is 2.39. The number of hydrogen-bond donors (Lipinski definition) is 0. The molecule has 3 aliphatic rings. The van der Waals surface area contributed by atoms with Gasteiger partial charge in [0.2, 0.25) is 5.91 Å². The highest BCUT2D eigenvalue weighted by molar-refractivity contribution is 6.30. The van der Waals surface area contributed by atoms with E-state index in [4.69, 9.17) is 16.3 Å². The third-order valence-corrected chi connectivity index (χ3v) is 5.87. The zero-order valence-corrected chi connectivity index (χ0v) is 15.0. The number of piperidine rings is 1. The van der Waals surface area contributed by atoms with Crippen molar-refractivity contribution in [1.29, 1.82) is 0 Å². The zero-order valence-electron chi connectivity index (χ0n) is 14.2. The highest BCUT2D eigenvalue weighted by atomic mass is 35.5. The van der Waals surface area contributed by atoms with Crippen LogP contribution in [-0.4, -0.2) is 47.5 Å². The summed E-state index contributed by atoms with van der Waals surface area (Å²) in [6.07, 6.45) is 4.47. The fourth-order valence-corrected chi connectivity index (χ4v) is 4.70. The largest absolute Gasteiger partial charge is 0.489 e. The van der Waals surface area contributed by atoms with Crippen LogP contribution in [0.25, 0.3) is 0 Å². The number of rotatable bonds is 3. The molecule has 5 heteroatoms. The van der Waals surface area contributed by atoms with E-state index in [0.717, 1.165) is 48.4 Å². The van der Waals surface area contributed by atoms with E-state index in [1.54, 1.807) is 0 Å². The third-order valence-electron chi connectivity index (χ3n) is 5.63. The molecule has 1 saturated carbocycles. The van der Waals surface area contributed by atoms with Gasteiger partial charge < -0.3 is 9.64 Å². The number of hydrogen-bond acceptors (Lipinski definition) is 3. The van der Waals surface area contributed by atoms with Crippen LogP contribution in [0.15, 0.2) is 18.2 Å². The molecule has 1 aromatic rings. The molecule has 0 radical (unpaired) electrons. The molecular formula is C19H25ClN2O2. The Hall–Kier alpha value is -1.26. The average molecular weight is 349 g/mol. The van der Waals surface area contributed by atoms with Crippen molar-refractivity contribution in [2.75, 3.05) is 19.6 Å². The van der Waals surface area contributed by atoms with Gasteiger partial charge in [0.1, 0.15) is 11.9 Å². The zero-order chi connectivity index (χ0) is 16.7. The lowest BCUT2D eigenvalue weighted by atomic mass is 10.1. The molecule has 3 unspecified atom stereocenters. The van der Waals surface area contributed by atoms with Crippen molar-refractivity contribution in [3.8, 4) is 5.75 Å². The summed E-state index contributed by atoms with van der Waals surface area (Å²) in [5.74, 6) is 2.00. The second kappa shape index (κ2) is 6.57. The predicted octanol–water partition coefficient (Wildman–Crippen LogP) is 3.32. The van der Waals surface area contributed by atoms with Crippen LogP contribution < -0.4 is 4.74 Å². The van der Waals surface area contributed by atoms with Crippen LogP contribution in [0.5, 0.6) is 5.75 Å². The van der Waals surface area contributed by atoms with Crippen LogP contribution in [0.3, 0.4) is 0 Å². The van der Waals surface area contributed by atoms with Gasteiger partial charge in [-0.05, 0) is 50.3 Å². The minimum atomic E-state index is 0.116. The summed E-state index contributed by atoms with van der Waals surface area (Å²) in [7, 11) is 0. The molecule has 4 rings (SSSR count). The lowest BCUT2D eigenvalue weighted by Crippen LogP contribution is -2.40. The minimum Gasteiger partial charge on any atom is -0.489 e. The van der Waals surface area contributed by atoms with Crippen LogP contribution in [0, 0.1) is 5.92 Å². The number of ether oxygens (including phenoxy) is 1. The maximum absolute atomic E-state index is 12.6. The molecule has 2 fully saturated rings. The van der Waals surface area contributed by atoms with E-state index in [9.17, 15) is 4.79 Å². The fourth-order valence-electron chi connectivity index (χ4n) is 4.51. The lowest BCUT2D eigenvalue weighted by molar-refractivity contribution is -0.133. The van der Waals surface area contributed by atoms with Crippen molar-refractivity contribution in [2.45, 2.75) is 51.3 Å². The molecule has 1 aliphatic carbocycles. The van der Waals surface area contributed by atoms with Gasteiger partial charge in [-0.2, -0.15) is 0 Å². The van der Waals surface area contributed by atoms with E-state index in [1.165, 1.54) is 19.3 Å². The van der Waals surface area contributed by atoms with Gasteiger partial charge in [0, 0.05) is 49.2 Å². The van der Waals surface area contributed by atoms with Gasteiger partial charge in [-0.1, -0.05) is 11.6 Å². The molecule has 1 saturated heterocycles. The standard InChI is InChI=1S/C19H25ClN2O2/c1-13-10-21(12-15-9-16(20)3-5-18(15)24-13)7-6-19(23)22-11-14-2-4-17(22)8-14/h3,5,9,13-14,17H,2,4,6-8,10-12H2,1H3. The Morgan fingerprint density at radius 3 is 2.96 bits per heavy atom. The molecule has 0 aromatic heterocycles. The van der Waals surface area contributed by atoms with Crippen LogP contribution in [0.2, 0.25) is 5.02 Å². The smallest absolute Gasteiger partial charge is 0.224 e. The SMILES string of the molecule is CC1CN(CCC(=O)N2CC3CCC2C3)Cc2cc(Cl)ccc2O1. The van der Waals surface area contributed by atoms with Gasteiger partial charge in [-0.3, -0.25) is 9.69 Å². The summed E-state index contributed by atoms with van der Waals surface area (Å²) >= 11 is 6.13. The van der Waals surface area contributed by atoms with E-state index in [-0.39, 0.29) is 6.10 Å². The van der Waals surface area contributed by atoms with Gasteiger partial charge in [-0.25, -0.2) is 0 Å². The Bertz CT molecular complexity index is 636. The van der Waals surface area contributed by atoms with Crippen molar-refractivity contribution in [2.24, 2.45) is 5.92 Å². The predicted molar refractivity (Wildman–Crippen MR) is 94.3 cm³/mol. The first-order valence-electron chi connectivity index (χ1n) is 9.05. The Balaban J connectivity index is 1.38. The summed E-state index contributed by atoms with van der Waals surface area (Å²) in [6, 6.07) is 6.32. The van der Waals surface area contributed by atoms with Crippen LogP contribution in [0.1, 0.15) is 38.2 Å². The third kappa shape index (κ3) is 3.27. The number of benzene rings is 1. The maximum atomic E-state index is 12.6. The maximum Gasteiger partial charge on any atom is 0.224 e. The molecule has 2 bridgehead atoms. The second-order valence-corrected chi connectivity index (χ2v) is 7.98. The van der Waals surface area contributed by atoms with E-state index in [1.807, 2.05) is 18.2 Å². The Labute approximate surface area is 148 Å². The molecule has 130 valence electrons. The molecule has 24 heavy (non-hydrogen) atoms. The van der Waals surface area contributed by atoms with Gasteiger partial charge in [0.25, 0.3) is 0 Å². The lowest BCUT2D eigenvalue weighted by Gasteiger charge is -2.28. The minimum absolute atomic E-state index is 0.116. The molecule has 2 heterocycles. The second-order valence-electron chi connectivity index (χ2n) is 7.54. The van der Waals surface area contributed by atoms with Crippen LogP contribution in [0.4, 0.5) is 0 Å². The van der Waals surface area contributed by atoms with E-state index >= 15 is 0 Å². The number of halogens is 1. The number of fused-ring (bicyclic) bond motifs is 3. The Morgan fingerprint density at radius 2 is 2.21 bits per heavy atom. The van der Waals surface area contributed by atoms with Gasteiger partial charge in [0.05, 0.1) is 0 Å². The van der Waals surface area contributed by atoms with Gasteiger partial charge in [0.15, 0.2) is 0 Å². The Morgan fingerprint density at radius 1 is 1.33 bits per heavy atom. The number of carbonyl (C=O) groups excluding carboxylic acids is 1. The van der Waals surface area contributed by atoms with E-state index in [2.05, 4.69) is 16.7 Å². The molecule has 0 spiro atoms. The van der Waals surface area contributed by atoms with Crippen molar-refractivity contribution in [1.82, 2.24) is 9.80 Å². The average Bonchev–Trinajstić information content (AvgIpc) is 3.14. The monoisotopic (exact) mass is 348 g/mol. The molecule has 1 amide bonds. The number of nitrogens with zero attached hydrogens (tertiary/aromatic N) is 2. The quantitative estimate of drug-likeness (QED) is 0.840. The van der Waals surface area contributed by atoms with E-state index < -0.39 is 0 Å². The van der Waals surface area contributed by atoms with Crippen molar-refractivity contribution in [3.63, 3.8) is 0 Å². The fraction of sp³-hybridized carbons (Fsp3) is 0.632. The van der Waals surface area contributed by atoms with Gasteiger partial charge in [-0.15, -0.1) is 0 Å². The van der Waals surface area contributed by atoms with Crippen molar-refractivity contribution < 1.29 is 9.53 Å². The normalized spacial score (nSPS) is 29.2. The number of carbonyl (C=O) groups is 1. The van der Waals surface area contributed by atoms with E-state index in [0.29, 0.717) is 18.4 Å². The van der Waals surface area contributed by atoms with Crippen molar-refractivity contribution >= 4 is 17.5 Å². The van der Waals surface area contributed by atoms with Crippen LogP contribution in [-0.2, 0) is 11.3 Å². The summed E-state index contributed by atoms with van der Waals surface area (Å²) in [6.45, 7) is 5.48. The molecule has 2 aliphatic heterocycles. The molecule has 3 atom stereocenters. The first kappa shape index (κ1) is 16.2. The summed E-state index contributed by atoms with van der Waals surface area (Å²) in [4.78, 5) is 17.0. The molecule has 1 aromatic carbocycles. The number of amides is 1. The number of likely N-dealkylation sites (tertiary alicyclic amines) is 1. The summed E-state index contributed by atoms with van der Waals surface area (Å²) in [5.41, 5.74) is 1.11. The Kier molecular flexibility index (Phi) is 4.44. The van der Waals surface area contributed by atoms with Gasteiger partial charge >= 0.3 is 0 Å². The topological polar surface area (TPSA) is 32.8 Å².